The van der Waals surface area contributed by atoms with Gasteiger partial charge in [0.05, 0.1) is 24.6 Å². The molecule has 0 fully saturated rings. The van der Waals surface area contributed by atoms with Crippen LogP contribution >= 0.6 is 11.3 Å². The maximum absolute atomic E-state index is 12.2. The summed E-state index contributed by atoms with van der Waals surface area (Å²) in [7, 11) is 1.60. The van der Waals surface area contributed by atoms with Gasteiger partial charge in [-0.25, -0.2) is 9.67 Å². The zero-order valence-corrected chi connectivity index (χ0v) is 14.6. The number of nitrogens with zero attached hydrogens (tertiary/aromatic N) is 3. The molecule has 0 radical (unpaired) electrons. The second-order valence-electron chi connectivity index (χ2n) is 5.38. The van der Waals surface area contributed by atoms with Crippen LogP contribution in [0, 0.1) is 0 Å². The summed E-state index contributed by atoms with van der Waals surface area (Å²) in [6.45, 7) is 0.566. The highest BCUT2D eigenvalue weighted by atomic mass is 32.1. The van der Waals surface area contributed by atoms with Crippen molar-refractivity contribution in [1.29, 1.82) is 0 Å². The zero-order chi connectivity index (χ0) is 17.6. The van der Waals surface area contributed by atoms with Crippen LogP contribution in [-0.4, -0.2) is 34.3 Å². The number of thiazole rings is 1. The van der Waals surface area contributed by atoms with Gasteiger partial charge in [-0.05, 0) is 25.0 Å². The molecule has 3 N–H and O–H groups in total. The molecule has 3 aromatic rings. The topological polar surface area (TPSA) is 95.1 Å². The van der Waals surface area contributed by atoms with E-state index in [1.54, 1.807) is 24.2 Å². The molecule has 0 spiro atoms. The molecule has 1 amide bonds. The summed E-state index contributed by atoms with van der Waals surface area (Å²) in [5.41, 5.74) is 7.84. The first-order valence-electron chi connectivity index (χ1n) is 7.83. The zero-order valence-electron chi connectivity index (χ0n) is 13.8. The molecular weight excluding hydrogens is 338 g/mol. The van der Waals surface area contributed by atoms with Crippen LogP contribution in [0.3, 0.4) is 0 Å². The molecule has 0 bridgehead atoms. The minimum Gasteiger partial charge on any atom is -0.494 e. The highest BCUT2D eigenvalue weighted by Gasteiger charge is 2.11. The predicted molar refractivity (Wildman–Crippen MR) is 97.3 cm³/mol. The first kappa shape index (κ1) is 17.0. The van der Waals surface area contributed by atoms with E-state index in [1.165, 1.54) is 11.3 Å². The van der Waals surface area contributed by atoms with Crippen molar-refractivity contribution in [2.24, 2.45) is 0 Å². The molecular formula is C17H19N5O2S. The lowest BCUT2D eigenvalue weighted by atomic mass is 10.2. The summed E-state index contributed by atoms with van der Waals surface area (Å²) in [4.78, 5) is 16.4. The van der Waals surface area contributed by atoms with Crippen LogP contribution in [0.4, 0.5) is 5.13 Å². The molecule has 0 saturated heterocycles. The number of anilines is 1. The van der Waals surface area contributed by atoms with Crippen molar-refractivity contribution in [3.8, 4) is 11.4 Å². The average molecular weight is 357 g/mol. The molecule has 2 aromatic heterocycles. The number of benzene rings is 1. The van der Waals surface area contributed by atoms with Gasteiger partial charge >= 0.3 is 0 Å². The largest absolute Gasteiger partial charge is 0.494 e. The lowest BCUT2D eigenvalue weighted by Crippen LogP contribution is -2.24. The maximum Gasteiger partial charge on any atom is 0.254 e. The molecule has 8 heteroatoms. The van der Waals surface area contributed by atoms with Gasteiger partial charge in [-0.3, -0.25) is 4.79 Å². The molecule has 7 nitrogen and oxygen atoms in total. The van der Waals surface area contributed by atoms with Crippen LogP contribution in [0.1, 0.15) is 22.5 Å². The molecule has 0 saturated carbocycles. The van der Waals surface area contributed by atoms with Crippen molar-refractivity contribution in [3.05, 3.63) is 53.3 Å². The Labute approximate surface area is 149 Å². The van der Waals surface area contributed by atoms with Crippen LogP contribution in [-0.2, 0) is 6.42 Å². The fourth-order valence-corrected chi connectivity index (χ4v) is 3.00. The lowest BCUT2D eigenvalue weighted by molar-refractivity contribution is 0.0953. The number of amides is 1. The summed E-state index contributed by atoms with van der Waals surface area (Å²) in [5, 5.41) is 9.65. The van der Waals surface area contributed by atoms with Crippen LogP contribution in [0.25, 0.3) is 5.69 Å². The van der Waals surface area contributed by atoms with Crippen molar-refractivity contribution in [3.63, 3.8) is 0 Å². The minimum absolute atomic E-state index is 0.154. The number of aromatic nitrogens is 3. The second-order valence-corrected chi connectivity index (χ2v) is 6.27. The van der Waals surface area contributed by atoms with Crippen molar-refractivity contribution in [1.82, 2.24) is 20.1 Å². The van der Waals surface area contributed by atoms with Gasteiger partial charge in [0.25, 0.3) is 5.91 Å². The van der Waals surface area contributed by atoms with E-state index in [0.29, 0.717) is 23.0 Å². The van der Waals surface area contributed by atoms with Crippen LogP contribution in [0.5, 0.6) is 5.75 Å². The van der Waals surface area contributed by atoms with E-state index < -0.39 is 0 Å². The molecule has 0 aliphatic heterocycles. The number of carbonyl (C=O) groups excluding carboxylic acids is 1. The third kappa shape index (κ3) is 4.16. The number of hydrogen-bond donors (Lipinski definition) is 2. The van der Waals surface area contributed by atoms with Crippen LogP contribution in [0.2, 0.25) is 0 Å². The van der Waals surface area contributed by atoms with Crippen LogP contribution < -0.4 is 15.8 Å². The summed E-state index contributed by atoms with van der Waals surface area (Å²) in [6.07, 6.45) is 4.82. The molecule has 0 unspecified atom stereocenters. The highest BCUT2D eigenvalue weighted by molar-refractivity contribution is 7.13. The fourth-order valence-electron chi connectivity index (χ4n) is 2.40. The van der Waals surface area contributed by atoms with E-state index >= 15 is 0 Å². The number of nitrogens with two attached hydrogens (primary N) is 1. The number of methoxy groups -OCH3 is 1. The number of ether oxygens (including phenoxy) is 1. The Morgan fingerprint density at radius 3 is 3.00 bits per heavy atom. The van der Waals surface area contributed by atoms with E-state index in [4.69, 9.17) is 10.5 Å². The maximum atomic E-state index is 12.2. The van der Waals surface area contributed by atoms with E-state index in [0.717, 1.165) is 24.2 Å². The van der Waals surface area contributed by atoms with Gasteiger partial charge in [-0.2, -0.15) is 5.10 Å². The number of nitrogens with one attached hydrogen (secondary N) is 1. The summed E-state index contributed by atoms with van der Waals surface area (Å²) in [5.74, 6) is 0.541. The number of rotatable bonds is 7. The first-order chi connectivity index (χ1) is 12.2. The Balaban J connectivity index is 1.55. The standard InChI is InChI=1S/C17H19N5O2S/c1-24-15-7-3-2-6-14(15)22-10-12(9-20-22)16(23)19-8-4-5-13-11-25-17(18)21-13/h2-3,6-7,9-11H,4-5,8H2,1H3,(H2,18,21)(H,19,23). The molecule has 25 heavy (non-hydrogen) atoms. The molecule has 0 aliphatic rings. The van der Waals surface area contributed by atoms with Crippen molar-refractivity contribution in [2.75, 3.05) is 19.4 Å². The van der Waals surface area contributed by atoms with E-state index in [9.17, 15) is 4.79 Å². The summed E-state index contributed by atoms with van der Waals surface area (Å²) in [6, 6.07) is 7.51. The number of aryl methyl sites for hydroxylation is 1. The van der Waals surface area contributed by atoms with Crippen molar-refractivity contribution < 1.29 is 9.53 Å². The Hall–Kier alpha value is -2.87. The normalized spacial score (nSPS) is 10.6. The number of hydrogen-bond acceptors (Lipinski definition) is 6. The first-order valence-corrected chi connectivity index (χ1v) is 8.71. The second kappa shape index (κ2) is 7.80. The number of nitrogen functional groups attached to an aromatic ring is 1. The third-order valence-electron chi connectivity index (χ3n) is 3.64. The molecule has 0 atom stereocenters. The lowest BCUT2D eigenvalue weighted by Gasteiger charge is -2.07. The number of carbonyl (C=O) groups is 1. The summed E-state index contributed by atoms with van der Waals surface area (Å²) >= 11 is 1.43. The molecule has 2 heterocycles. The molecule has 1 aromatic carbocycles. The van der Waals surface area contributed by atoms with Gasteiger partial charge in [-0.1, -0.05) is 12.1 Å². The average Bonchev–Trinajstić information content (AvgIpc) is 3.27. The third-order valence-corrected chi connectivity index (χ3v) is 4.36. The minimum atomic E-state index is -0.154. The summed E-state index contributed by atoms with van der Waals surface area (Å²) < 4.78 is 6.95. The van der Waals surface area contributed by atoms with Crippen molar-refractivity contribution in [2.45, 2.75) is 12.8 Å². The molecule has 130 valence electrons. The van der Waals surface area contributed by atoms with E-state index in [2.05, 4.69) is 15.4 Å². The quantitative estimate of drug-likeness (QED) is 0.633. The predicted octanol–water partition coefficient (Wildman–Crippen LogP) is 2.28. The monoisotopic (exact) mass is 357 g/mol. The Bertz CT molecular complexity index is 858. The van der Waals surface area contributed by atoms with Crippen molar-refractivity contribution >= 4 is 22.4 Å². The van der Waals surface area contributed by atoms with Gasteiger partial charge in [-0.15, -0.1) is 11.3 Å². The SMILES string of the molecule is COc1ccccc1-n1cc(C(=O)NCCCc2csc(N)n2)cn1. The Kier molecular flexibility index (Phi) is 5.30. The van der Waals surface area contributed by atoms with Gasteiger partial charge in [0, 0.05) is 18.1 Å². The molecule has 3 rings (SSSR count). The smallest absolute Gasteiger partial charge is 0.254 e. The Morgan fingerprint density at radius 2 is 2.24 bits per heavy atom. The van der Waals surface area contributed by atoms with Gasteiger partial charge in [0.15, 0.2) is 5.13 Å². The van der Waals surface area contributed by atoms with Crippen LogP contribution in [0.15, 0.2) is 42.0 Å². The van der Waals surface area contributed by atoms with Gasteiger partial charge < -0.3 is 15.8 Å². The number of para-hydroxylation sites is 2. The van der Waals surface area contributed by atoms with Gasteiger partial charge in [0.2, 0.25) is 0 Å². The molecule has 0 aliphatic carbocycles. The van der Waals surface area contributed by atoms with E-state index in [-0.39, 0.29) is 5.91 Å². The Morgan fingerprint density at radius 1 is 1.40 bits per heavy atom. The highest BCUT2D eigenvalue weighted by Crippen LogP contribution is 2.21. The van der Waals surface area contributed by atoms with Gasteiger partial charge in [0.1, 0.15) is 11.4 Å². The fraction of sp³-hybridized carbons (Fsp3) is 0.235. The van der Waals surface area contributed by atoms with E-state index in [1.807, 2.05) is 29.6 Å².